The van der Waals surface area contributed by atoms with Crippen molar-refractivity contribution < 1.29 is 19.1 Å². The van der Waals surface area contributed by atoms with Crippen LogP contribution in [0.4, 0.5) is 16.2 Å². The van der Waals surface area contributed by atoms with Crippen molar-refractivity contribution in [1.29, 1.82) is 0 Å². The fraction of sp³-hybridized carbons (Fsp3) is 0.190. The number of hydrogen-bond donors (Lipinski definition) is 2. The molecule has 1 aliphatic rings. The van der Waals surface area contributed by atoms with Crippen molar-refractivity contribution in [3.8, 4) is 0 Å². The Kier molecular flexibility index (Phi) is 6.06. The average molecular weight is 379 g/mol. The number of hydrogen-bond acceptors (Lipinski definition) is 4. The molecule has 2 aromatic rings. The molecule has 0 radical (unpaired) electrons. The lowest BCUT2D eigenvalue weighted by molar-refractivity contribution is -0.116. The minimum Gasteiger partial charge on any atom is -0.447 e. The zero-order valence-electron chi connectivity index (χ0n) is 15.5. The average Bonchev–Trinajstić information content (AvgIpc) is 3.11. The monoisotopic (exact) mass is 379 g/mol. The molecule has 144 valence electrons. The van der Waals surface area contributed by atoms with Crippen molar-refractivity contribution >= 4 is 35.4 Å². The Morgan fingerprint density at radius 3 is 2.64 bits per heavy atom. The van der Waals surface area contributed by atoms with Gasteiger partial charge in [-0.15, -0.1) is 0 Å². The predicted molar refractivity (Wildman–Crippen MR) is 107 cm³/mol. The minimum atomic E-state index is -0.353. The maximum absolute atomic E-state index is 12.1. The third-order valence-corrected chi connectivity index (χ3v) is 4.11. The van der Waals surface area contributed by atoms with Gasteiger partial charge in [0.25, 0.3) is 0 Å². The Balaban J connectivity index is 1.53. The number of cyclic esters (lactones) is 1. The third-order valence-electron chi connectivity index (χ3n) is 4.11. The van der Waals surface area contributed by atoms with E-state index in [0.717, 1.165) is 16.8 Å². The first-order valence-corrected chi connectivity index (χ1v) is 8.88. The second-order valence-corrected chi connectivity index (χ2v) is 6.29. The van der Waals surface area contributed by atoms with Crippen LogP contribution in [-0.2, 0) is 20.9 Å². The number of amides is 3. The molecule has 28 heavy (non-hydrogen) atoms. The lowest BCUT2D eigenvalue weighted by atomic mass is 10.1. The van der Waals surface area contributed by atoms with Gasteiger partial charge in [0.1, 0.15) is 6.61 Å². The zero-order valence-corrected chi connectivity index (χ0v) is 15.5. The first kappa shape index (κ1) is 19.2. The van der Waals surface area contributed by atoms with Crippen molar-refractivity contribution in [2.75, 3.05) is 23.4 Å². The summed E-state index contributed by atoms with van der Waals surface area (Å²) >= 11 is 0. The number of anilines is 2. The van der Waals surface area contributed by atoms with Gasteiger partial charge in [0.2, 0.25) is 11.8 Å². The molecule has 0 aliphatic carbocycles. The van der Waals surface area contributed by atoms with Crippen LogP contribution in [0.3, 0.4) is 0 Å². The van der Waals surface area contributed by atoms with E-state index < -0.39 is 0 Å². The standard InChI is InChI=1S/C21H21N3O4/c1-15(25)23-18-8-5-16(6-9-18)7-10-20(26)22-14-17-3-2-4-19(13-17)24-11-12-28-21(24)27/h2-10,13H,11-12,14H2,1H3,(H,22,26)(H,23,25). The minimum absolute atomic E-state index is 0.131. The number of carbonyl (C=O) groups is 3. The van der Waals surface area contributed by atoms with Gasteiger partial charge in [0.15, 0.2) is 0 Å². The van der Waals surface area contributed by atoms with E-state index in [-0.39, 0.29) is 17.9 Å². The normalized spacial score (nSPS) is 13.5. The van der Waals surface area contributed by atoms with Gasteiger partial charge in [0.05, 0.1) is 6.54 Å². The van der Waals surface area contributed by atoms with E-state index in [1.54, 1.807) is 23.1 Å². The summed E-state index contributed by atoms with van der Waals surface area (Å²) in [5, 5.41) is 5.51. The third kappa shape index (κ3) is 5.20. The second kappa shape index (κ2) is 8.85. The van der Waals surface area contributed by atoms with Crippen LogP contribution in [0, 0.1) is 0 Å². The number of ether oxygens (including phenoxy) is 1. The van der Waals surface area contributed by atoms with Gasteiger partial charge in [-0.05, 0) is 41.5 Å². The Bertz CT molecular complexity index is 906. The molecule has 3 amide bonds. The Morgan fingerprint density at radius 2 is 1.96 bits per heavy atom. The topological polar surface area (TPSA) is 87.7 Å². The van der Waals surface area contributed by atoms with Gasteiger partial charge in [-0.1, -0.05) is 24.3 Å². The van der Waals surface area contributed by atoms with E-state index in [9.17, 15) is 14.4 Å². The summed E-state index contributed by atoms with van der Waals surface area (Å²) < 4.78 is 4.95. The van der Waals surface area contributed by atoms with Gasteiger partial charge in [0, 0.05) is 30.9 Å². The molecule has 0 aromatic heterocycles. The van der Waals surface area contributed by atoms with Crippen molar-refractivity contribution in [2.45, 2.75) is 13.5 Å². The smallest absolute Gasteiger partial charge is 0.414 e. The van der Waals surface area contributed by atoms with E-state index in [1.807, 2.05) is 36.4 Å². The number of benzene rings is 2. The molecule has 2 N–H and O–H groups in total. The molecule has 2 aromatic carbocycles. The van der Waals surface area contributed by atoms with Gasteiger partial charge < -0.3 is 15.4 Å². The molecule has 3 rings (SSSR count). The van der Waals surface area contributed by atoms with Gasteiger partial charge >= 0.3 is 6.09 Å². The highest BCUT2D eigenvalue weighted by atomic mass is 16.6. The number of rotatable bonds is 6. The summed E-state index contributed by atoms with van der Waals surface area (Å²) in [6.45, 7) is 2.71. The second-order valence-electron chi connectivity index (χ2n) is 6.29. The van der Waals surface area contributed by atoms with Crippen LogP contribution in [0.25, 0.3) is 6.08 Å². The van der Waals surface area contributed by atoms with Crippen molar-refractivity contribution in [2.24, 2.45) is 0 Å². The summed E-state index contributed by atoms with van der Waals surface area (Å²) in [6, 6.07) is 14.6. The Labute approximate surface area is 163 Å². The Hall–Kier alpha value is -3.61. The molecule has 1 aliphatic heterocycles. The fourth-order valence-corrected chi connectivity index (χ4v) is 2.76. The number of nitrogens with zero attached hydrogens (tertiary/aromatic N) is 1. The predicted octanol–water partition coefficient (Wildman–Crippen LogP) is 2.93. The van der Waals surface area contributed by atoms with Crippen LogP contribution in [-0.4, -0.2) is 31.1 Å². The quantitative estimate of drug-likeness (QED) is 0.756. The van der Waals surface area contributed by atoms with E-state index >= 15 is 0 Å². The molecule has 0 saturated carbocycles. The fourth-order valence-electron chi connectivity index (χ4n) is 2.76. The Morgan fingerprint density at radius 1 is 1.18 bits per heavy atom. The highest BCUT2D eigenvalue weighted by molar-refractivity contribution is 5.92. The molecular formula is C21H21N3O4. The number of carbonyl (C=O) groups excluding carboxylic acids is 3. The SMILES string of the molecule is CC(=O)Nc1ccc(C=CC(=O)NCc2cccc(N3CCOC3=O)c2)cc1. The molecule has 1 saturated heterocycles. The molecule has 7 nitrogen and oxygen atoms in total. The van der Waals surface area contributed by atoms with Gasteiger partial charge in [-0.2, -0.15) is 0 Å². The molecule has 0 unspecified atom stereocenters. The van der Waals surface area contributed by atoms with E-state index in [4.69, 9.17) is 4.74 Å². The lowest BCUT2D eigenvalue weighted by Gasteiger charge is -2.13. The maximum atomic E-state index is 12.1. The van der Waals surface area contributed by atoms with Crippen LogP contribution in [0.1, 0.15) is 18.1 Å². The molecule has 0 spiro atoms. The zero-order chi connectivity index (χ0) is 19.9. The molecule has 1 heterocycles. The maximum Gasteiger partial charge on any atom is 0.414 e. The van der Waals surface area contributed by atoms with Gasteiger partial charge in [-0.3, -0.25) is 14.5 Å². The summed E-state index contributed by atoms with van der Waals surface area (Å²) in [7, 11) is 0. The molecule has 1 fully saturated rings. The highest BCUT2D eigenvalue weighted by Gasteiger charge is 2.23. The highest BCUT2D eigenvalue weighted by Crippen LogP contribution is 2.20. The van der Waals surface area contributed by atoms with Crippen molar-refractivity contribution in [3.05, 3.63) is 65.7 Å². The van der Waals surface area contributed by atoms with Crippen molar-refractivity contribution in [1.82, 2.24) is 5.32 Å². The molecule has 0 atom stereocenters. The van der Waals surface area contributed by atoms with Gasteiger partial charge in [-0.25, -0.2) is 4.79 Å². The number of nitrogens with one attached hydrogen (secondary N) is 2. The van der Waals surface area contributed by atoms with Crippen LogP contribution >= 0.6 is 0 Å². The van der Waals surface area contributed by atoms with Crippen LogP contribution in [0.15, 0.2) is 54.6 Å². The van der Waals surface area contributed by atoms with Crippen LogP contribution in [0.5, 0.6) is 0 Å². The molecular weight excluding hydrogens is 358 g/mol. The summed E-state index contributed by atoms with van der Waals surface area (Å²) in [5.41, 5.74) is 3.19. The summed E-state index contributed by atoms with van der Waals surface area (Å²) in [6.07, 6.45) is 2.80. The van der Waals surface area contributed by atoms with Crippen LogP contribution < -0.4 is 15.5 Å². The summed E-state index contributed by atoms with van der Waals surface area (Å²) in [4.78, 5) is 36.3. The van der Waals surface area contributed by atoms with E-state index in [0.29, 0.717) is 25.4 Å². The van der Waals surface area contributed by atoms with Crippen LogP contribution in [0.2, 0.25) is 0 Å². The summed E-state index contributed by atoms with van der Waals surface area (Å²) in [5.74, 6) is -0.356. The van der Waals surface area contributed by atoms with Crippen molar-refractivity contribution in [3.63, 3.8) is 0 Å². The van der Waals surface area contributed by atoms with E-state index in [2.05, 4.69) is 10.6 Å². The molecule has 0 bridgehead atoms. The first-order chi connectivity index (χ1) is 13.5. The molecule has 7 heteroatoms. The first-order valence-electron chi connectivity index (χ1n) is 8.88. The lowest BCUT2D eigenvalue weighted by Crippen LogP contribution is -2.24. The van der Waals surface area contributed by atoms with E-state index in [1.165, 1.54) is 13.0 Å². The largest absolute Gasteiger partial charge is 0.447 e.